The lowest BCUT2D eigenvalue weighted by molar-refractivity contribution is 0.403. The van der Waals surface area contributed by atoms with Crippen LogP contribution in [-0.4, -0.2) is 5.38 Å². The average molecular weight is 249 g/mol. The molecule has 2 aliphatic carbocycles. The topological polar surface area (TPSA) is 0 Å². The van der Waals surface area contributed by atoms with E-state index in [1.165, 1.54) is 44.9 Å². The maximum absolute atomic E-state index is 6.34. The van der Waals surface area contributed by atoms with E-state index in [1.807, 2.05) is 0 Å². The van der Waals surface area contributed by atoms with Crippen molar-refractivity contribution in [3.63, 3.8) is 0 Å². The van der Waals surface area contributed by atoms with Crippen molar-refractivity contribution in [2.45, 2.75) is 62.2 Å². The van der Waals surface area contributed by atoms with Crippen LogP contribution >= 0.6 is 11.6 Å². The summed E-state index contributed by atoms with van der Waals surface area (Å²) in [6.45, 7) is 0. The summed E-state index contributed by atoms with van der Waals surface area (Å²) in [6.07, 6.45) is 9.25. The van der Waals surface area contributed by atoms with Gasteiger partial charge in [-0.2, -0.15) is 0 Å². The van der Waals surface area contributed by atoms with E-state index in [4.69, 9.17) is 11.6 Å². The fourth-order valence-electron chi connectivity index (χ4n) is 3.39. The van der Waals surface area contributed by atoms with Gasteiger partial charge in [0.15, 0.2) is 0 Å². The van der Waals surface area contributed by atoms with E-state index in [0.29, 0.717) is 5.38 Å². The molecule has 0 aromatic heterocycles. The first-order valence-electron chi connectivity index (χ1n) is 7.07. The Morgan fingerprint density at radius 3 is 2.00 bits per heavy atom. The average Bonchev–Trinajstić information content (AvgIpc) is 2.27. The van der Waals surface area contributed by atoms with Gasteiger partial charge in [0.25, 0.3) is 0 Å². The van der Waals surface area contributed by atoms with Crippen LogP contribution in [0.25, 0.3) is 0 Å². The molecular weight excluding hydrogens is 228 g/mol. The Balaban J connectivity index is 1.85. The highest BCUT2D eigenvalue weighted by Gasteiger charge is 2.27. The molecule has 17 heavy (non-hydrogen) atoms. The number of rotatable bonds is 2. The Hall–Kier alpha value is -0.490. The van der Waals surface area contributed by atoms with E-state index in [9.17, 15) is 0 Å². The molecule has 0 heterocycles. The molecule has 2 aliphatic rings. The summed E-state index contributed by atoms with van der Waals surface area (Å²) in [5, 5.41) is 0.406. The normalized spacial score (nSPS) is 29.9. The number of halogens is 1. The smallest absolute Gasteiger partial charge is 0.0341 e. The van der Waals surface area contributed by atoms with Crippen LogP contribution in [0.1, 0.15) is 67.9 Å². The van der Waals surface area contributed by atoms with Crippen molar-refractivity contribution < 1.29 is 0 Å². The predicted octanol–water partition coefficient (Wildman–Crippen LogP) is 5.22. The molecule has 2 unspecified atom stereocenters. The number of hydrogen-bond acceptors (Lipinski definition) is 0. The molecule has 0 bridgehead atoms. The molecule has 1 aromatic carbocycles. The molecule has 92 valence electrons. The van der Waals surface area contributed by atoms with Crippen molar-refractivity contribution in [3.8, 4) is 0 Å². The van der Waals surface area contributed by atoms with Crippen molar-refractivity contribution in [2.75, 3.05) is 0 Å². The number of benzene rings is 1. The van der Waals surface area contributed by atoms with Gasteiger partial charge in [-0.05, 0) is 55.1 Å². The van der Waals surface area contributed by atoms with Crippen LogP contribution in [0.5, 0.6) is 0 Å². The summed E-state index contributed by atoms with van der Waals surface area (Å²) in [5.41, 5.74) is 3.25. The predicted molar refractivity (Wildman–Crippen MR) is 73.9 cm³/mol. The minimum Gasteiger partial charge on any atom is -0.123 e. The van der Waals surface area contributed by atoms with E-state index < -0.39 is 0 Å². The Morgan fingerprint density at radius 2 is 1.41 bits per heavy atom. The summed E-state index contributed by atoms with van der Waals surface area (Å²) >= 11 is 6.34. The van der Waals surface area contributed by atoms with Gasteiger partial charge in [-0.15, -0.1) is 11.6 Å². The van der Waals surface area contributed by atoms with Crippen LogP contribution in [0, 0.1) is 0 Å². The van der Waals surface area contributed by atoms with Gasteiger partial charge in [0.05, 0.1) is 0 Å². The first kappa shape index (κ1) is 11.6. The zero-order valence-electron chi connectivity index (χ0n) is 10.4. The molecule has 2 fully saturated rings. The summed E-state index contributed by atoms with van der Waals surface area (Å²) in [7, 11) is 0. The fourth-order valence-corrected chi connectivity index (χ4v) is 3.76. The van der Waals surface area contributed by atoms with Crippen molar-refractivity contribution in [1.29, 1.82) is 0 Å². The summed E-state index contributed by atoms with van der Waals surface area (Å²) < 4.78 is 0. The van der Waals surface area contributed by atoms with Crippen LogP contribution in [0.4, 0.5) is 0 Å². The first-order valence-corrected chi connectivity index (χ1v) is 7.51. The van der Waals surface area contributed by atoms with Crippen LogP contribution in [-0.2, 0) is 0 Å². The monoisotopic (exact) mass is 248 g/mol. The van der Waals surface area contributed by atoms with E-state index in [2.05, 4.69) is 24.3 Å². The summed E-state index contributed by atoms with van der Waals surface area (Å²) in [4.78, 5) is 0. The second kappa shape index (κ2) is 5.02. The summed E-state index contributed by atoms with van der Waals surface area (Å²) in [5.74, 6) is 1.57. The van der Waals surface area contributed by atoms with Gasteiger partial charge in [-0.25, -0.2) is 0 Å². The zero-order chi connectivity index (χ0) is 11.7. The maximum Gasteiger partial charge on any atom is 0.0341 e. The standard InChI is InChI=1S/C16H21Cl/c17-14-8-4-7-13(11-14)16-10-2-1-9-15(16)12-5-3-6-12/h1-2,9-10,12-14H,3-8,11H2. The van der Waals surface area contributed by atoms with Gasteiger partial charge < -0.3 is 0 Å². The minimum atomic E-state index is 0.406. The molecule has 0 aliphatic heterocycles. The quantitative estimate of drug-likeness (QED) is 0.630. The Morgan fingerprint density at radius 1 is 0.824 bits per heavy atom. The molecule has 0 amide bonds. The molecule has 0 nitrogen and oxygen atoms in total. The molecule has 3 rings (SSSR count). The molecule has 1 heteroatoms. The molecule has 0 N–H and O–H groups in total. The van der Waals surface area contributed by atoms with E-state index >= 15 is 0 Å². The van der Waals surface area contributed by atoms with Gasteiger partial charge >= 0.3 is 0 Å². The van der Waals surface area contributed by atoms with Gasteiger partial charge in [-0.1, -0.05) is 37.1 Å². The summed E-state index contributed by atoms with van der Waals surface area (Å²) in [6, 6.07) is 9.12. The number of alkyl halides is 1. The molecule has 2 saturated carbocycles. The lowest BCUT2D eigenvalue weighted by atomic mass is 9.73. The molecular formula is C16H21Cl. The maximum atomic E-state index is 6.34. The Kier molecular flexibility index (Phi) is 3.42. The van der Waals surface area contributed by atoms with Crippen LogP contribution in [0.15, 0.2) is 24.3 Å². The van der Waals surface area contributed by atoms with Crippen molar-refractivity contribution in [1.82, 2.24) is 0 Å². The zero-order valence-corrected chi connectivity index (χ0v) is 11.1. The highest BCUT2D eigenvalue weighted by atomic mass is 35.5. The molecule has 1 aromatic rings. The minimum absolute atomic E-state index is 0.406. The lowest BCUT2D eigenvalue weighted by Gasteiger charge is -2.33. The third kappa shape index (κ3) is 2.38. The van der Waals surface area contributed by atoms with Gasteiger partial charge in [-0.3, -0.25) is 0 Å². The fraction of sp³-hybridized carbons (Fsp3) is 0.625. The van der Waals surface area contributed by atoms with Gasteiger partial charge in [0, 0.05) is 5.38 Å². The third-order valence-corrected chi connectivity index (χ3v) is 4.99. The largest absolute Gasteiger partial charge is 0.123 e. The van der Waals surface area contributed by atoms with Crippen LogP contribution in [0.3, 0.4) is 0 Å². The lowest BCUT2D eigenvalue weighted by Crippen LogP contribution is -2.18. The van der Waals surface area contributed by atoms with E-state index in [0.717, 1.165) is 11.8 Å². The highest BCUT2D eigenvalue weighted by molar-refractivity contribution is 6.20. The van der Waals surface area contributed by atoms with Crippen molar-refractivity contribution >= 4 is 11.6 Å². The van der Waals surface area contributed by atoms with Crippen LogP contribution in [0.2, 0.25) is 0 Å². The second-order valence-corrected chi connectivity index (χ2v) is 6.33. The first-order chi connectivity index (χ1) is 8.34. The highest BCUT2D eigenvalue weighted by Crippen LogP contribution is 2.43. The molecule has 2 atom stereocenters. The molecule has 0 saturated heterocycles. The second-order valence-electron chi connectivity index (χ2n) is 5.72. The molecule has 0 spiro atoms. The van der Waals surface area contributed by atoms with Crippen molar-refractivity contribution in [2.24, 2.45) is 0 Å². The van der Waals surface area contributed by atoms with Gasteiger partial charge in [0.1, 0.15) is 0 Å². The van der Waals surface area contributed by atoms with Crippen molar-refractivity contribution in [3.05, 3.63) is 35.4 Å². The Bertz CT molecular complexity index is 381. The van der Waals surface area contributed by atoms with Crippen LogP contribution < -0.4 is 0 Å². The Labute approximate surface area is 109 Å². The van der Waals surface area contributed by atoms with E-state index in [1.54, 1.807) is 11.1 Å². The molecule has 0 radical (unpaired) electrons. The third-order valence-electron chi connectivity index (χ3n) is 4.59. The number of hydrogen-bond donors (Lipinski definition) is 0. The van der Waals surface area contributed by atoms with Gasteiger partial charge in [0.2, 0.25) is 0 Å². The van der Waals surface area contributed by atoms with E-state index in [-0.39, 0.29) is 0 Å². The SMILES string of the molecule is ClC1CCCC(c2ccccc2C2CCC2)C1.